The topological polar surface area (TPSA) is 26.0 Å². The fourth-order valence-electron chi connectivity index (χ4n) is 2.70. The molecule has 0 aromatic heterocycles. The Morgan fingerprint density at radius 3 is 2.81 bits per heavy atom. The summed E-state index contributed by atoms with van der Waals surface area (Å²) in [5.74, 6) is 0.579. The molecule has 2 unspecified atom stereocenters. The number of hydrogen-bond donors (Lipinski definition) is 1. The monoisotopic (exact) mass is 241 g/mol. The van der Waals surface area contributed by atoms with Gasteiger partial charge >= 0.3 is 0 Å². The van der Waals surface area contributed by atoms with Crippen molar-refractivity contribution in [3.63, 3.8) is 0 Å². The van der Waals surface area contributed by atoms with Crippen molar-refractivity contribution < 1.29 is 4.39 Å². The van der Waals surface area contributed by atoms with Crippen molar-refractivity contribution in [2.75, 3.05) is 6.54 Å². The van der Waals surface area contributed by atoms with E-state index in [0.717, 1.165) is 18.4 Å². The van der Waals surface area contributed by atoms with Crippen LogP contribution >= 0.6 is 11.6 Å². The minimum atomic E-state index is -0.208. The van der Waals surface area contributed by atoms with Gasteiger partial charge in [-0.3, -0.25) is 0 Å². The second-order valence-electron chi connectivity index (χ2n) is 4.55. The molecule has 0 radical (unpaired) electrons. The highest BCUT2D eigenvalue weighted by atomic mass is 35.5. The van der Waals surface area contributed by atoms with Crippen LogP contribution in [0.1, 0.15) is 37.2 Å². The van der Waals surface area contributed by atoms with Gasteiger partial charge in [0.15, 0.2) is 0 Å². The maximum absolute atomic E-state index is 13.2. The number of benzene rings is 1. The van der Waals surface area contributed by atoms with Crippen molar-refractivity contribution >= 4 is 11.6 Å². The fourth-order valence-corrected chi connectivity index (χ4v) is 2.96. The van der Waals surface area contributed by atoms with Crippen molar-refractivity contribution in [1.82, 2.24) is 0 Å². The van der Waals surface area contributed by atoms with Gasteiger partial charge in [-0.15, -0.1) is 0 Å². The summed E-state index contributed by atoms with van der Waals surface area (Å²) in [6, 6.07) is 4.63. The first-order valence-electron chi connectivity index (χ1n) is 5.87. The van der Waals surface area contributed by atoms with E-state index < -0.39 is 0 Å². The Kier molecular flexibility index (Phi) is 3.82. The molecule has 2 atom stereocenters. The van der Waals surface area contributed by atoms with E-state index in [9.17, 15) is 4.39 Å². The second-order valence-corrected chi connectivity index (χ2v) is 4.96. The number of nitrogens with two attached hydrogens (primary N) is 1. The molecule has 0 heterocycles. The van der Waals surface area contributed by atoms with E-state index in [0.29, 0.717) is 23.4 Å². The summed E-state index contributed by atoms with van der Waals surface area (Å²) in [6.45, 7) is 0.664. The Bertz CT molecular complexity index is 367. The molecule has 1 nitrogen and oxygen atoms in total. The van der Waals surface area contributed by atoms with Crippen molar-refractivity contribution in [3.8, 4) is 0 Å². The average molecular weight is 242 g/mol. The quantitative estimate of drug-likeness (QED) is 0.839. The van der Waals surface area contributed by atoms with Crippen LogP contribution in [0, 0.1) is 11.7 Å². The van der Waals surface area contributed by atoms with E-state index in [2.05, 4.69) is 0 Å². The molecule has 88 valence electrons. The molecule has 1 aliphatic carbocycles. The van der Waals surface area contributed by atoms with Gasteiger partial charge in [0, 0.05) is 5.02 Å². The zero-order valence-corrected chi connectivity index (χ0v) is 10.0. The maximum atomic E-state index is 13.2. The Labute approximate surface area is 101 Å². The van der Waals surface area contributed by atoms with E-state index in [-0.39, 0.29) is 5.82 Å². The van der Waals surface area contributed by atoms with Crippen LogP contribution in [0.2, 0.25) is 5.02 Å². The molecule has 0 bridgehead atoms. The van der Waals surface area contributed by atoms with Crippen LogP contribution in [0.5, 0.6) is 0 Å². The lowest BCUT2D eigenvalue weighted by atomic mass is 9.75. The lowest BCUT2D eigenvalue weighted by molar-refractivity contribution is 0.314. The lowest BCUT2D eigenvalue weighted by Gasteiger charge is -2.31. The largest absolute Gasteiger partial charge is 0.330 e. The van der Waals surface area contributed by atoms with E-state index in [1.165, 1.54) is 18.9 Å². The van der Waals surface area contributed by atoms with Gasteiger partial charge in [0.05, 0.1) is 0 Å². The van der Waals surface area contributed by atoms with Gasteiger partial charge in [0.25, 0.3) is 0 Å². The third kappa shape index (κ3) is 2.38. The zero-order valence-electron chi connectivity index (χ0n) is 9.26. The summed E-state index contributed by atoms with van der Waals surface area (Å²) in [4.78, 5) is 0. The standard InChI is InChI=1S/C13H17ClFN/c14-13-6-5-10(15)7-12(13)11-4-2-1-3-9(11)8-16/h5-7,9,11H,1-4,8,16H2. The minimum Gasteiger partial charge on any atom is -0.330 e. The van der Waals surface area contributed by atoms with Gasteiger partial charge in [-0.2, -0.15) is 0 Å². The summed E-state index contributed by atoms with van der Waals surface area (Å²) in [5, 5.41) is 0.673. The highest BCUT2D eigenvalue weighted by molar-refractivity contribution is 6.31. The summed E-state index contributed by atoms with van der Waals surface area (Å²) in [6.07, 6.45) is 4.62. The molecule has 0 spiro atoms. The normalized spacial score (nSPS) is 25.7. The zero-order chi connectivity index (χ0) is 11.5. The summed E-state index contributed by atoms with van der Waals surface area (Å²) in [7, 11) is 0. The average Bonchev–Trinajstić information content (AvgIpc) is 2.32. The molecule has 0 saturated heterocycles. The van der Waals surface area contributed by atoms with E-state index >= 15 is 0 Å². The van der Waals surface area contributed by atoms with Crippen LogP contribution < -0.4 is 5.73 Å². The molecule has 2 N–H and O–H groups in total. The van der Waals surface area contributed by atoms with E-state index in [1.54, 1.807) is 12.1 Å². The Balaban J connectivity index is 2.30. The molecule has 1 aliphatic rings. The molecule has 1 saturated carbocycles. The van der Waals surface area contributed by atoms with Gasteiger partial charge in [-0.25, -0.2) is 4.39 Å². The van der Waals surface area contributed by atoms with Crippen molar-refractivity contribution in [3.05, 3.63) is 34.6 Å². The summed E-state index contributed by atoms with van der Waals surface area (Å²) in [5.41, 5.74) is 6.72. The van der Waals surface area contributed by atoms with Crippen LogP contribution in [0.15, 0.2) is 18.2 Å². The van der Waals surface area contributed by atoms with Crippen LogP contribution in [0.3, 0.4) is 0 Å². The highest BCUT2D eigenvalue weighted by Gasteiger charge is 2.27. The van der Waals surface area contributed by atoms with Gasteiger partial charge in [-0.05, 0) is 55.0 Å². The first-order valence-corrected chi connectivity index (χ1v) is 6.25. The third-order valence-corrected chi connectivity index (χ3v) is 3.91. The van der Waals surface area contributed by atoms with Crippen molar-refractivity contribution in [2.24, 2.45) is 11.7 Å². The van der Waals surface area contributed by atoms with E-state index in [1.807, 2.05) is 0 Å². The number of halogens is 2. The molecule has 2 rings (SSSR count). The van der Waals surface area contributed by atoms with Crippen LogP contribution in [0.25, 0.3) is 0 Å². The lowest BCUT2D eigenvalue weighted by Crippen LogP contribution is -2.25. The Morgan fingerprint density at radius 2 is 2.06 bits per heavy atom. The van der Waals surface area contributed by atoms with Crippen LogP contribution in [0.4, 0.5) is 4.39 Å². The molecule has 0 aliphatic heterocycles. The molecule has 3 heteroatoms. The first-order chi connectivity index (χ1) is 7.72. The van der Waals surface area contributed by atoms with Gasteiger partial charge in [0.1, 0.15) is 5.82 Å². The van der Waals surface area contributed by atoms with Crippen LogP contribution in [-0.2, 0) is 0 Å². The fraction of sp³-hybridized carbons (Fsp3) is 0.538. The highest BCUT2D eigenvalue weighted by Crippen LogP contribution is 2.40. The predicted molar refractivity (Wildman–Crippen MR) is 65.2 cm³/mol. The van der Waals surface area contributed by atoms with Gasteiger partial charge in [0.2, 0.25) is 0 Å². The molecule has 1 fully saturated rings. The molecule has 1 aromatic rings. The Morgan fingerprint density at radius 1 is 1.31 bits per heavy atom. The molecule has 16 heavy (non-hydrogen) atoms. The van der Waals surface area contributed by atoms with E-state index in [4.69, 9.17) is 17.3 Å². The van der Waals surface area contributed by atoms with Crippen molar-refractivity contribution in [1.29, 1.82) is 0 Å². The molecular weight excluding hydrogens is 225 g/mol. The summed E-state index contributed by atoms with van der Waals surface area (Å²) >= 11 is 6.14. The first kappa shape index (κ1) is 11.9. The minimum absolute atomic E-state index is 0.208. The van der Waals surface area contributed by atoms with Gasteiger partial charge in [-0.1, -0.05) is 24.4 Å². The van der Waals surface area contributed by atoms with Crippen LogP contribution in [-0.4, -0.2) is 6.54 Å². The molecule has 1 aromatic carbocycles. The molecule has 0 amide bonds. The predicted octanol–water partition coefficient (Wildman–Crippen LogP) is 3.71. The SMILES string of the molecule is NCC1CCCCC1c1cc(F)ccc1Cl. The summed E-state index contributed by atoms with van der Waals surface area (Å²) < 4.78 is 13.2. The van der Waals surface area contributed by atoms with Crippen molar-refractivity contribution in [2.45, 2.75) is 31.6 Å². The second kappa shape index (κ2) is 5.15. The maximum Gasteiger partial charge on any atom is 0.123 e. The Hall–Kier alpha value is -0.600. The van der Waals surface area contributed by atoms with Gasteiger partial charge < -0.3 is 5.73 Å². The number of hydrogen-bond acceptors (Lipinski definition) is 1. The molecular formula is C13H17ClFN. The number of rotatable bonds is 2. The third-order valence-electron chi connectivity index (χ3n) is 3.57. The smallest absolute Gasteiger partial charge is 0.123 e.